The highest BCUT2D eigenvalue weighted by atomic mass is 16.3. The van der Waals surface area contributed by atoms with Crippen molar-refractivity contribution in [2.24, 2.45) is 0 Å². The standard InChI is InChI=1S/C15H23NO/c1-10(2)12-5-6-14-13(7-12)8-16(11(3)4)9-15(14)17/h5-7,10-11,15,17H,8-9H2,1-4H3. The van der Waals surface area contributed by atoms with Gasteiger partial charge in [-0.15, -0.1) is 0 Å². The molecule has 94 valence electrons. The molecule has 0 spiro atoms. The summed E-state index contributed by atoms with van der Waals surface area (Å²) in [6, 6.07) is 7.00. The highest BCUT2D eigenvalue weighted by molar-refractivity contribution is 5.36. The van der Waals surface area contributed by atoms with Gasteiger partial charge in [0.05, 0.1) is 6.10 Å². The van der Waals surface area contributed by atoms with Crippen LogP contribution in [0.1, 0.15) is 56.4 Å². The van der Waals surface area contributed by atoms with Crippen LogP contribution in [-0.4, -0.2) is 22.6 Å². The Morgan fingerprint density at radius 3 is 2.53 bits per heavy atom. The molecule has 2 rings (SSSR count). The minimum absolute atomic E-state index is 0.331. The molecule has 1 heterocycles. The second-order valence-corrected chi connectivity index (χ2v) is 5.65. The fourth-order valence-corrected chi connectivity index (χ4v) is 2.44. The molecule has 17 heavy (non-hydrogen) atoms. The van der Waals surface area contributed by atoms with Crippen LogP contribution in [-0.2, 0) is 6.54 Å². The van der Waals surface area contributed by atoms with Crippen molar-refractivity contribution < 1.29 is 5.11 Å². The molecule has 0 radical (unpaired) electrons. The number of benzene rings is 1. The second-order valence-electron chi connectivity index (χ2n) is 5.65. The Balaban J connectivity index is 2.33. The summed E-state index contributed by atoms with van der Waals surface area (Å²) in [6.45, 7) is 10.5. The topological polar surface area (TPSA) is 23.5 Å². The molecule has 0 saturated heterocycles. The monoisotopic (exact) mass is 233 g/mol. The van der Waals surface area contributed by atoms with Crippen LogP contribution in [0.15, 0.2) is 18.2 Å². The largest absolute Gasteiger partial charge is 0.387 e. The highest BCUT2D eigenvalue weighted by Gasteiger charge is 2.25. The summed E-state index contributed by atoms with van der Waals surface area (Å²) >= 11 is 0. The first-order valence-corrected chi connectivity index (χ1v) is 6.54. The van der Waals surface area contributed by atoms with Crippen molar-refractivity contribution in [3.05, 3.63) is 34.9 Å². The maximum Gasteiger partial charge on any atom is 0.0920 e. The molecule has 1 N–H and O–H groups in total. The third kappa shape index (κ3) is 2.53. The lowest BCUT2D eigenvalue weighted by atomic mass is 9.91. The van der Waals surface area contributed by atoms with Crippen LogP contribution in [0.5, 0.6) is 0 Å². The van der Waals surface area contributed by atoms with Crippen molar-refractivity contribution in [3.8, 4) is 0 Å². The predicted octanol–water partition coefficient (Wildman–Crippen LogP) is 3.07. The first-order valence-electron chi connectivity index (χ1n) is 6.54. The lowest BCUT2D eigenvalue weighted by molar-refractivity contribution is 0.0743. The van der Waals surface area contributed by atoms with Gasteiger partial charge in [-0.1, -0.05) is 32.0 Å². The minimum atomic E-state index is -0.331. The maximum atomic E-state index is 10.2. The zero-order valence-electron chi connectivity index (χ0n) is 11.3. The van der Waals surface area contributed by atoms with E-state index in [4.69, 9.17) is 0 Å². The van der Waals surface area contributed by atoms with Crippen LogP contribution in [0, 0.1) is 0 Å². The van der Waals surface area contributed by atoms with Crippen LogP contribution in [0.4, 0.5) is 0 Å². The van der Waals surface area contributed by atoms with E-state index in [1.807, 2.05) is 0 Å². The van der Waals surface area contributed by atoms with Crippen molar-refractivity contribution in [1.82, 2.24) is 4.90 Å². The molecule has 1 aliphatic rings. The summed E-state index contributed by atoms with van der Waals surface area (Å²) < 4.78 is 0. The van der Waals surface area contributed by atoms with Crippen LogP contribution in [0.2, 0.25) is 0 Å². The molecule has 1 unspecified atom stereocenters. The Hall–Kier alpha value is -0.860. The summed E-state index contributed by atoms with van der Waals surface area (Å²) in [4.78, 5) is 2.33. The van der Waals surface area contributed by atoms with Crippen LogP contribution >= 0.6 is 0 Å². The SMILES string of the molecule is CC(C)c1ccc2c(c1)CN(C(C)C)CC2O. The molecular weight excluding hydrogens is 210 g/mol. The molecule has 0 bridgehead atoms. The van der Waals surface area contributed by atoms with Crippen molar-refractivity contribution >= 4 is 0 Å². The first kappa shape index (κ1) is 12.6. The Kier molecular flexibility index (Phi) is 3.55. The number of aliphatic hydroxyl groups is 1. The molecule has 1 aromatic rings. The summed E-state index contributed by atoms with van der Waals surface area (Å²) in [6.07, 6.45) is -0.331. The van der Waals surface area contributed by atoms with E-state index >= 15 is 0 Å². The summed E-state index contributed by atoms with van der Waals surface area (Å²) in [5.41, 5.74) is 3.77. The molecule has 1 aromatic carbocycles. The molecule has 0 fully saturated rings. The lowest BCUT2D eigenvalue weighted by Gasteiger charge is -2.35. The van der Waals surface area contributed by atoms with Gasteiger partial charge in [0.15, 0.2) is 0 Å². The highest BCUT2D eigenvalue weighted by Crippen LogP contribution is 2.30. The number of hydrogen-bond donors (Lipinski definition) is 1. The van der Waals surface area contributed by atoms with Gasteiger partial charge in [-0.2, -0.15) is 0 Å². The third-order valence-corrected chi connectivity index (χ3v) is 3.70. The zero-order chi connectivity index (χ0) is 12.6. The van der Waals surface area contributed by atoms with E-state index in [9.17, 15) is 5.11 Å². The normalized spacial score (nSPS) is 21.0. The quantitative estimate of drug-likeness (QED) is 0.848. The molecule has 0 saturated carbocycles. The van der Waals surface area contributed by atoms with Crippen LogP contribution < -0.4 is 0 Å². The number of rotatable bonds is 2. The van der Waals surface area contributed by atoms with E-state index in [0.717, 1.165) is 18.7 Å². The zero-order valence-corrected chi connectivity index (χ0v) is 11.3. The Morgan fingerprint density at radius 1 is 1.24 bits per heavy atom. The summed E-state index contributed by atoms with van der Waals surface area (Å²) in [5, 5.41) is 10.2. The van der Waals surface area contributed by atoms with E-state index in [0.29, 0.717) is 12.0 Å². The Morgan fingerprint density at radius 2 is 1.94 bits per heavy atom. The summed E-state index contributed by atoms with van der Waals surface area (Å²) in [7, 11) is 0. The number of fused-ring (bicyclic) bond motifs is 1. The van der Waals surface area contributed by atoms with Crippen molar-refractivity contribution in [2.75, 3.05) is 6.54 Å². The lowest BCUT2D eigenvalue weighted by Crippen LogP contribution is -2.38. The van der Waals surface area contributed by atoms with Gasteiger partial charge >= 0.3 is 0 Å². The van der Waals surface area contributed by atoms with Gasteiger partial charge in [-0.05, 0) is 36.5 Å². The first-order chi connectivity index (χ1) is 7.99. The van der Waals surface area contributed by atoms with E-state index in [2.05, 4.69) is 50.8 Å². The summed E-state index contributed by atoms with van der Waals surface area (Å²) in [5.74, 6) is 0.548. The van der Waals surface area contributed by atoms with E-state index < -0.39 is 0 Å². The molecule has 2 heteroatoms. The van der Waals surface area contributed by atoms with Gasteiger partial charge < -0.3 is 5.11 Å². The minimum Gasteiger partial charge on any atom is -0.387 e. The maximum absolute atomic E-state index is 10.2. The van der Waals surface area contributed by atoms with Gasteiger partial charge in [0, 0.05) is 19.1 Å². The van der Waals surface area contributed by atoms with Gasteiger partial charge in [-0.25, -0.2) is 0 Å². The van der Waals surface area contributed by atoms with Crippen LogP contribution in [0.25, 0.3) is 0 Å². The average Bonchev–Trinajstić information content (AvgIpc) is 2.27. The number of nitrogens with zero attached hydrogens (tertiary/aromatic N) is 1. The van der Waals surface area contributed by atoms with Gasteiger partial charge in [0.25, 0.3) is 0 Å². The fourth-order valence-electron chi connectivity index (χ4n) is 2.44. The Bertz CT molecular complexity index is 398. The second kappa shape index (κ2) is 4.79. The van der Waals surface area contributed by atoms with E-state index in [1.54, 1.807) is 0 Å². The molecule has 0 aromatic heterocycles. The smallest absolute Gasteiger partial charge is 0.0920 e. The molecule has 2 nitrogen and oxygen atoms in total. The number of β-amino-alcohol motifs (C(OH)–C–C–N with tert-alkyl or cyclic N) is 1. The predicted molar refractivity (Wildman–Crippen MR) is 71.0 cm³/mol. The fraction of sp³-hybridized carbons (Fsp3) is 0.600. The van der Waals surface area contributed by atoms with E-state index in [-0.39, 0.29) is 6.10 Å². The Labute approximate surface area is 104 Å². The average molecular weight is 233 g/mol. The third-order valence-electron chi connectivity index (χ3n) is 3.70. The molecule has 1 aliphatic heterocycles. The number of hydrogen-bond acceptors (Lipinski definition) is 2. The van der Waals surface area contributed by atoms with Crippen molar-refractivity contribution in [3.63, 3.8) is 0 Å². The molecule has 0 amide bonds. The molecular formula is C15H23NO. The van der Waals surface area contributed by atoms with Gasteiger partial charge in [0.2, 0.25) is 0 Å². The van der Waals surface area contributed by atoms with Crippen molar-refractivity contribution in [2.45, 2.75) is 52.3 Å². The molecule has 0 aliphatic carbocycles. The molecule has 1 atom stereocenters. The van der Waals surface area contributed by atoms with E-state index in [1.165, 1.54) is 11.1 Å². The van der Waals surface area contributed by atoms with Crippen LogP contribution in [0.3, 0.4) is 0 Å². The van der Waals surface area contributed by atoms with Gasteiger partial charge in [-0.3, -0.25) is 4.90 Å². The van der Waals surface area contributed by atoms with Gasteiger partial charge in [0.1, 0.15) is 0 Å². The number of aliphatic hydroxyl groups excluding tert-OH is 1. The van der Waals surface area contributed by atoms with Crippen molar-refractivity contribution in [1.29, 1.82) is 0 Å².